The van der Waals surface area contributed by atoms with Crippen LogP contribution in [0.25, 0.3) is 0 Å². The van der Waals surface area contributed by atoms with Crippen molar-refractivity contribution >= 4 is 0 Å². The third-order valence-electron chi connectivity index (χ3n) is 4.58. The average molecular weight is 274 g/mol. The first-order valence-electron chi connectivity index (χ1n) is 7.84. The van der Waals surface area contributed by atoms with Gasteiger partial charge in [0.25, 0.3) is 0 Å². The summed E-state index contributed by atoms with van der Waals surface area (Å²) in [5, 5.41) is 3.68. The maximum absolute atomic E-state index is 3.68. The molecule has 1 aromatic carbocycles. The monoisotopic (exact) mass is 274 g/mol. The smallest absolute Gasteiger partial charge is 0.0253 e. The van der Waals surface area contributed by atoms with E-state index < -0.39 is 0 Å². The van der Waals surface area contributed by atoms with Crippen molar-refractivity contribution in [2.24, 2.45) is 5.92 Å². The highest BCUT2D eigenvalue weighted by Crippen LogP contribution is 2.23. The van der Waals surface area contributed by atoms with Gasteiger partial charge in [0.15, 0.2) is 0 Å². The molecule has 0 aromatic heterocycles. The largest absolute Gasteiger partial charge is 0.309 e. The molecule has 0 bridgehead atoms. The highest BCUT2D eigenvalue weighted by molar-refractivity contribution is 5.30. The molecule has 1 N–H and O–H groups in total. The second kappa shape index (κ2) is 5.87. The fourth-order valence-electron chi connectivity index (χ4n) is 3.16. The Morgan fingerprint density at radius 3 is 2.55 bits per heavy atom. The molecule has 1 atom stereocenters. The van der Waals surface area contributed by atoms with Gasteiger partial charge in [-0.25, -0.2) is 0 Å². The number of benzene rings is 1. The maximum atomic E-state index is 3.68. The van der Waals surface area contributed by atoms with Crippen molar-refractivity contribution in [1.82, 2.24) is 10.2 Å². The van der Waals surface area contributed by atoms with Crippen molar-refractivity contribution in [3.63, 3.8) is 0 Å². The Hall–Kier alpha value is -0.860. The van der Waals surface area contributed by atoms with E-state index in [0.717, 1.165) is 19.6 Å². The van der Waals surface area contributed by atoms with Crippen LogP contribution in [0.3, 0.4) is 0 Å². The van der Waals surface area contributed by atoms with Gasteiger partial charge in [-0.05, 0) is 50.3 Å². The van der Waals surface area contributed by atoms with Gasteiger partial charge in [-0.15, -0.1) is 0 Å². The summed E-state index contributed by atoms with van der Waals surface area (Å²) in [4.78, 5) is 2.66. The van der Waals surface area contributed by atoms with Gasteiger partial charge < -0.3 is 5.32 Å². The van der Waals surface area contributed by atoms with Crippen LogP contribution in [-0.4, -0.2) is 29.6 Å². The topological polar surface area (TPSA) is 15.3 Å². The normalized spacial score (nSPS) is 23.2. The van der Waals surface area contributed by atoms with Crippen LogP contribution < -0.4 is 5.32 Å². The third kappa shape index (κ3) is 3.62. The SMILES string of the molecule is Cc1ccc(CN2CC(C)(C)NCC2C(C)C)cc1C. The molecule has 1 saturated heterocycles. The van der Waals surface area contributed by atoms with Crippen molar-refractivity contribution in [2.75, 3.05) is 13.1 Å². The minimum Gasteiger partial charge on any atom is -0.309 e. The molecule has 0 saturated carbocycles. The molecular formula is C18H30N2. The van der Waals surface area contributed by atoms with Crippen LogP contribution in [0.15, 0.2) is 18.2 Å². The predicted octanol–water partition coefficient (Wildman–Crippen LogP) is 3.51. The van der Waals surface area contributed by atoms with Gasteiger partial charge >= 0.3 is 0 Å². The third-order valence-corrected chi connectivity index (χ3v) is 4.58. The number of rotatable bonds is 3. The van der Waals surface area contributed by atoms with Crippen molar-refractivity contribution in [2.45, 2.75) is 59.7 Å². The van der Waals surface area contributed by atoms with E-state index in [4.69, 9.17) is 0 Å². The molecule has 112 valence electrons. The summed E-state index contributed by atoms with van der Waals surface area (Å²) < 4.78 is 0. The summed E-state index contributed by atoms with van der Waals surface area (Å²) in [7, 11) is 0. The highest BCUT2D eigenvalue weighted by Gasteiger charge is 2.33. The Morgan fingerprint density at radius 1 is 1.25 bits per heavy atom. The number of piperazine rings is 1. The lowest BCUT2D eigenvalue weighted by Crippen LogP contribution is -2.62. The van der Waals surface area contributed by atoms with Crippen molar-refractivity contribution in [3.05, 3.63) is 34.9 Å². The zero-order valence-corrected chi connectivity index (χ0v) is 14.0. The number of hydrogen-bond donors (Lipinski definition) is 1. The minimum absolute atomic E-state index is 0.213. The van der Waals surface area contributed by atoms with E-state index in [2.05, 4.69) is 70.0 Å². The molecule has 1 aliphatic heterocycles. The van der Waals surface area contributed by atoms with Gasteiger partial charge in [0, 0.05) is 31.2 Å². The first kappa shape index (κ1) is 15.5. The second-order valence-electron chi connectivity index (χ2n) is 7.40. The maximum Gasteiger partial charge on any atom is 0.0253 e. The molecule has 2 rings (SSSR count). The predicted molar refractivity (Wildman–Crippen MR) is 87.0 cm³/mol. The van der Waals surface area contributed by atoms with Crippen LogP contribution >= 0.6 is 0 Å². The van der Waals surface area contributed by atoms with E-state index >= 15 is 0 Å². The van der Waals surface area contributed by atoms with E-state index in [9.17, 15) is 0 Å². The van der Waals surface area contributed by atoms with Crippen LogP contribution in [-0.2, 0) is 6.54 Å². The number of hydrogen-bond acceptors (Lipinski definition) is 2. The summed E-state index contributed by atoms with van der Waals surface area (Å²) in [5.41, 5.74) is 4.44. The molecule has 20 heavy (non-hydrogen) atoms. The van der Waals surface area contributed by atoms with Gasteiger partial charge in [0.1, 0.15) is 0 Å². The zero-order chi connectivity index (χ0) is 14.9. The van der Waals surface area contributed by atoms with Crippen molar-refractivity contribution in [3.8, 4) is 0 Å². The Labute approximate surface area is 124 Å². The summed E-state index contributed by atoms with van der Waals surface area (Å²) in [6.07, 6.45) is 0. The Kier molecular flexibility index (Phi) is 4.55. The molecule has 1 fully saturated rings. The molecule has 1 aliphatic rings. The Bertz CT molecular complexity index is 462. The number of nitrogens with zero attached hydrogens (tertiary/aromatic N) is 1. The van der Waals surface area contributed by atoms with Crippen LogP contribution in [0.4, 0.5) is 0 Å². The second-order valence-corrected chi connectivity index (χ2v) is 7.40. The molecule has 2 nitrogen and oxygen atoms in total. The van der Waals surface area contributed by atoms with Crippen molar-refractivity contribution in [1.29, 1.82) is 0 Å². The lowest BCUT2D eigenvalue weighted by Gasteiger charge is -2.46. The molecule has 0 amide bonds. The van der Waals surface area contributed by atoms with Crippen molar-refractivity contribution < 1.29 is 0 Å². The van der Waals surface area contributed by atoms with Gasteiger partial charge in [-0.2, -0.15) is 0 Å². The summed E-state index contributed by atoms with van der Waals surface area (Å²) >= 11 is 0. The Balaban J connectivity index is 2.16. The molecule has 1 aromatic rings. The van der Waals surface area contributed by atoms with Crippen LogP contribution in [0.2, 0.25) is 0 Å². The van der Waals surface area contributed by atoms with E-state index in [-0.39, 0.29) is 5.54 Å². The molecule has 0 radical (unpaired) electrons. The number of aryl methyl sites for hydroxylation is 2. The highest BCUT2D eigenvalue weighted by atomic mass is 15.2. The summed E-state index contributed by atoms with van der Waals surface area (Å²) in [5.74, 6) is 0.685. The van der Waals surface area contributed by atoms with Gasteiger partial charge in [-0.1, -0.05) is 32.0 Å². The van der Waals surface area contributed by atoms with Gasteiger partial charge in [0.2, 0.25) is 0 Å². The molecule has 2 heteroatoms. The fraction of sp³-hybridized carbons (Fsp3) is 0.667. The molecule has 1 heterocycles. The van der Waals surface area contributed by atoms with E-state index in [1.165, 1.54) is 16.7 Å². The standard InChI is InChI=1S/C18H30N2/c1-13(2)17-10-19-18(5,6)12-20(17)11-16-8-7-14(3)15(4)9-16/h7-9,13,17,19H,10-12H2,1-6H3. The van der Waals surface area contributed by atoms with Crippen LogP contribution in [0.5, 0.6) is 0 Å². The van der Waals surface area contributed by atoms with Crippen LogP contribution in [0, 0.1) is 19.8 Å². The number of nitrogens with one attached hydrogen (secondary N) is 1. The van der Waals surface area contributed by atoms with E-state index in [1.807, 2.05) is 0 Å². The first-order valence-corrected chi connectivity index (χ1v) is 7.84. The minimum atomic E-state index is 0.213. The average Bonchev–Trinajstić information content (AvgIpc) is 2.32. The molecular weight excluding hydrogens is 244 g/mol. The lowest BCUT2D eigenvalue weighted by molar-refractivity contribution is 0.0627. The quantitative estimate of drug-likeness (QED) is 0.907. The van der Waals surface area contributed by atoms with Gasteiger partial charge in [0.05, 0.1) is 0 Å². The zero-order valence-electron chi connectivity index (χ0n) is 14.0. The van der Waals surface area contributed by atoms with Crippen LogP contribution in [0.1, 0.15) is 44.4 Å². The summed E-state index contributed by atoms with van der Waals surface area (Å²) in [6, 6.07) is 7.52. The summed E-state index contributed by atoms with van der Waals surface area (Å²) in [6.45, 7) is 16.9. The first-order chi connectivity index (χ1) is 9.28. The Morgan fingerprint density at radius 2 is 1.95 bits per heavy atom. The molecule has 0 aliphatic carbocycles. The molecule has 0 spiro atoms. The van der Waals surface area contributed by atoms with E-state index in [1.54, 1.807) is 0 Å². The lowest BCUT2D eigenvalue weighted by atomic mass is 9.92. The molecule has 1 unspecified atom stereocenters. The van der Waals surface area contributed by atoms with E-state index in [0.29, 0.717) is 12.0 Å². The fourth-order valence-corrected chi connectivity index (χ4v) is 3.16. The van der Waals surface area contributed by atoms with Gasteiger partial charge in [-0.3, -0.25) is 4.90 Å².